The molecular weight excluding hydrogens is 390 g/mol. The Hall–Kier alpha value is -0.460. The fourth-order valence-electron chi connectivity index (χ4n) is 1.51. The van der Waals surface area contributed by atoms with Crippen molar-refractivity contribution in [2.24, 2.45) is 0 Å². The van der Waals surface area contributed by atoms with Crippen LogP contribution in [0.15, 0.2) is 40.2 Å². The zero-order chi connectivity index (χ0) is 13.1. The highest BCUT2D eigenvalue weighted by Gasteiger charge is 2.18. The van der Waals surface area contributed by atoms with E-state index in [1.165, 1.54) is 0 Å². The average molecular weight is 398 g/mol. The first kappa shape index (κ1) is 14.0. The minimum absolute atomic E-state index is 0.163. The van der Waals surface area contributed by atoms with Gasteiger partial charge in [-0.05, 0) is 34.1 Å². The molecule has 1 unspecified atom stereocenters. The molecule has 1 nitrogen and oxygen atoms in total. The molecule has 18 heavy (non-hydrogen) atoms. The quantitative estimate of drug-likeness (QED) is 0.610. The molecule has 96 valence electrons. The summed E-state index contributed by atoms with van der Waals surface area (Å²) in [4.78, 5) is 0.857. The van der Waals surface area contributed by atoms with Crippen LogP contribution in [0.3, 0.4) is 0 Å². The van der Waals surface area contributed by atoms with Gasteiger partial charge in [-0.3, -0.25) is 0 Å². The van der Waals surface area contributed by atoms with Crippen molar-refractivity contribution in [3.05, 3.63) is 50.6 Å². The van der Waals surface area contributed by atoms with E-state index in [-0.39, 0.29) is 10.6 Å². The largest absolute Gasteiger partial charge is 0.434 e. The number of benzene rings is 1. The van der Waals surface area contributed by atoms with Crippen molar-refractivity contribution in [3.63, 3.8) is 0 Å². The molecule has 0 saturated carbocycles. The summed E-state index contributed by atoms with van der Waals surface area (Å²) < 4.78 is 30.2. The number of hydrogen-bond donors (Lipinski definition) is 0. The summed E-state index contributed by atoms with van der Waals surface area (Å²) in [6.45, 7) is -2.82. The predicted octanol–water partition coefficient (Wildman–Crippen LogP) is 5.60. The lowest BCUT2D eigenvalue weighted by Crippen LogP contribution is -2.05. The van der Waals surface area contributed by atoms with Crippen LogP contribution < -0.4 is 4.74 Å². The molecular formula is C12H8Br2F2OS. The summed E-state index contributed by atoms with van der Waals surface area (Å²) in [7, 11) is 0. The van der Waals surface area contributed by atoms with Crippen LogP contribution in [0.4, 0.5) is 8.78 Å². The van der Waals surface area contributed by atoms with Crippen LogP contribution >= 0.6 is 43.2 Å². The van der Waals surface area contributed by atoms with Gasteiger partial charge in [0.1, 0.15) is 5.75 Å². The highest BCUT2D eigenvalue weighted by molar-refractivity contribution is 9.11. The number of halogens is 4. The molecule has 1 aromatic heterocycles. The topological polar surface area (TPSA) is 9.23 Å². The van der Waals surface area contributed by atoms with E-state index < -0.39 is 6.61 Å². The van der Waals surface area contributed by atoms with Crippen LogP contribution in [-0.2, 0) is 0 Å². The smallest absolute Gasteiger partial charge is 0.387 e. The Morgan fingerprint density at radius 2 is 1.83 bits per heavy atom. The van der Waals surface area contributed by atoms with Gasteiger partial charge in [0.15, 0.2) is 0 Å². The van der Waals surface area contributed by atoms with Gasteiger partial charge in [0.2, 0.25) is 0 Å². The molecule has 0 bridgehead atoms. The molecule has 0 radical (unpaired) electrons. The number of rotatable bonds is 4. The fraction of sp³-hybridized carbons (Fsp3) is 0.167. The summed E-state index contributed by atoms with van der Waals surface area (Å²) in [5.74, 6) is 0.193. The second kappa shape index (κ2) is 6.12. The maximum absolute atomic E-state index is 12.3. The van der Waals surface area contributed by atoms with Gasteiger partial charge in [0.05, 0.1) is 8.61 Å². The highest BCUT2D eigenvalue weighted by Crippen LogP contribution is 2.40. The first-order valence-electron chi connectivity index (χ1n) is 5.01. The molecule has 0 fully saturated rings. The van der Waals surface area contributed by atoms with E-state index in [1.807, 2.05) is 12.1 Å². The lowest BCUT2D eigenvalue weighted by Gasteiger charge is -2.14. The molecule has 0 aliphatic rings. The molecule has 0 amide bonds. The van der Waals surface area contributed by atoms with Crippen LogP contribution in [0.2, 0.25) is 0 Å². The predicted molar refractivity (Wildman–Crippen MR) is 75.9 cm³/mol. The molecule has 0 aliphatic heterocycles. The Morgan fingerprint density at radius 1 is 1.11 bits per heavy atom. The number of thiophene rings is 1. The van der Waals surface area contributed by atoms with Crippen LogP contribution in [0.5, 0.6) is 5.75 Å². The molecule has 0 aliphatic carbocycles. The molecule has 0 N–H and O–H groups in total. The number of ether oxygens (including phenoxy) is 1. The van der Waals surface area contributed by atoms with Crippen molar-refractivity contribution in [3.8, 4) is 5.75 Å². The van der Waals surface area contributed by atoms with E-state index in [2.05, 4.69) is 36.6 Å². The van der Waals surface area contributed by atoms with Crippen LogP contribution in [0.1, 0.15) is 15.3 Å². The third-order valence-electron chi connectivity index (χ3n) is 2.25. The van der Waals surface area contributed by atoms with Crippen molar-refractivity contribution >= 4 is 43.2 Å². The first-order valence-corrected chi connectivity index (χ1v) is 7.53. The molecule has 1 aromatic carbocycles. The summed E-state index contributed by atoms with van der Waals surface area (Å²) in [5.41, 5.74) is 0.687. The van der Waals surface area contributed by atoms with Crippen LogP contribution in [0.25, 0.3) is 0 Å². The third kappa shape index (κ3) is 3.30. The molecule has 0 spiro atoms. The van der Waals surface area contributed by atoms with Crippen molar-refractivity contribution in [2.75, 3.05) is 0 Å². The van der Waals surface area contributed by atoms with E-state index in [4.69, 9.17) is 0 Å². The Kier molecular flexibility index (Phi) is 4.75. The molecule has 2 aromatic rings. The molecule has 0 saturated heterocycles. The third-order valence-corrected chi connectivity index (χ3v) is 5.23. The standard InChI is InChI=1S/C12H8Br2F2OS/c13-10-6-5-9(18-10)11(14)7-3-1-2-4-8(7)17-12(15)16/h1-6,11-12H. The lowest BCUT2D eigenvalue weighted by molar-refractivity contribution is -0.0503. The maximum atomic E-state index is 12.3. The van der Waals surface area contributed by atoms with Gasteiger partial charge in [-0.25, -0.2) is 0 Å². The molecule has 1 heterocycles. The fourth-order valence-corrected chi connectivity index (χ4v) is 3.74. The molecule has 1 atom stereocenters. The van der Waals surface area contributed by atoms with Gasteiger partial charge in [-0.1, -0.05) is 34.1 Å². The second-order valence-corrected chi connectivity index (χ2v) is 6.83. The van der Waals surface area contributed by atoms with E-state index in [0.717, 1.165) is 8.66 Å². The second-order valence-electron chi connectivity index (χ2n) is 3.42. The summed E-state index contributed by atoms with van der Waals surface area (Å²) in [6, 6.07) is 10.6. The average Bonchev–Trinajstić information content (AvgIpc) is 2.75. The Labute approximate surface area is 124 Å². The monoisotopic (exact) mass is 396 g/mol. The maximum Gasteiger partial charge on any atom is 0.387 e. The lowest BCUT2D eigenvalue weighted by atomic mass is 10.1. The van der Waals surface area contributed by atoms with E-state index in [0.29, 0.717) is 5.56 Å². The summed E-state index contributed by atoms with van der Waals surface area (Å²) >= 11 is 8.44. The first-order chi connectivity index (χ1) is 8.58. The summed E-state index contributed by atoms with van der Waals surface area (Å²) in [5, 5.41) is 0. The SMILES string of the molecule is FC(F)Oc1ccccc1C(Br)c1ccc(Br)s1. The van der Waals surface area contributed by atoms with E-state index in [1.54, 1.807) is 35.6 Å². The van der Waals surface area contributed by atoms with Crippen molar-refractivity contribution < 1.29 is 13.5 Å². The number of para-hydroxylation sites is 1. The van der Waals surface area contributed by atoms with Gasteiger partial charge in [0.25, 0.3) is 0 Å². The minimum Gasteiger partial charge on any atom is -0.434 e. The minimum atomic E-state index is -2.82. The Balaban J connectivity index is 2.32. The van der Waals surface area contributed by atoms with E-state index in [9.17, 15) is 8.78 Å². The highest BCUT2D eigenvalue weighted by atomic mass is 79.9. The summed E-state index contributed by atoms with van der Waals surface area (Å²) in [6.07, 6.45) is 0. The van der Waals surface area contributed by atoms with Crippen LogP contribution in [0, 0.1) is 0 Å². The van der Waals surface area contributed by atoms with Gasteiger partial charge >= 0.3 is 6.61 Å². The molecule has 6 heteroatoms. The van der Waals surface area contributed by atoms with Crippen molar-refractivity contribution in [2.45, 2.75) is 11.4 Å². The van der Waals surface area contributed by atoms with E-state index >= 15 is 0 Å². The Bertz CT molecular complexity index is 530. The van der Waals surface area contributed by atoms with Gasteiger partial charge in [-0.2, -0.15) is 8.78 Å². The van der Waals surface area contributed by atoms with Crippen molar-refractivity contribution in [1.29, 1.82) is 0 Å². The van der Waals surface area contributed by atoms with Crippen molar-refractivity contribution in [1.82, 2.24) is 0 Å². The zero-order valence-electron chi connectivity index (χ0n) is 8.95. The van der Waals surface area contributed by atoms with Gasteiger partial charge < -0.3 is 4.74 Å². The zero-order valence-corrected chi connectivity index (χ0v) is 12.9. The number of alkyl halides is 3. The number of hydrogen-bond acceptors (Lipinski definition) is 2. The normalized spacial score (nSPS) is 12.7. The van der Waals surface area contributed by atoms with Gasteiger partial charge in [-0.15, -0.1) is 11.3 Å². The van der Waals surface area contributed by atoms with Gasteiger partial charge in [0, 0.05) is 10.4 Å². The Morgan fingerprint density at radius 3 is 2.44 bits per heavy atom. The molecule has 2 rings (SSSR count). The van der Waals surface area contributed by atoms with Crippen LogP contribution in [-0.4, -0.2) is 6.61 Å².